The monoisotopic (exact) mass is 244 g/mol. The number of methoxy groups -OCH3 is 1. The summed E-state index contributed by atoms with van der Waals surface area (Å²) in [6.45, 7) is 0. The van der Waals surface area contributed by atoms with Gasteiger partial charge in [-0.15, -0.1) is 0 Å². The minimum atomic E-state index is -0.618. The summed E-state index contributed by atoms with van der Waals surface area (Å²) >= 11 is 0. The van der Waals surface area contributed by atoms with Gasteiger partial charge in [0.2, 0.25) is 5.91 Å². The lowest BCUT2D eigenvalue weighted by Gasteiger charge is -2.07. The summed E-state index contributed by atoms with van der Waals surface area (Å²) < 4.78 is 31.4. The fraction of sp³-hybridized carbons (Fsp3) is 0.364. The van der Waals surface area contributed by atoms with Crippen molar-refractivity contribution >= 4 is 5.91 Å². The van der Waals surface area contributed by atoms with Gasteiger partial charge in [0, 0.05) is 12.5 Å². The summed E-state index contributed by atoms with van der Waals surface area (Å²) in [7, 11) is 1.27. The maximum Gasteiger partial charge on any atom is 0.233 e. The van der Waals surface area contributed by atoms with Crippen molar-refractivity contribution in [1.29, 1.82) is 0 Å². The van der Waals surface area contributed by atoms with Crippen LogP contribution in [0, 0.1) is 11.6 Å². The molecule has 0 radical (unpaired) electrons. The third kappa shape index (κ3) is 3.67. The van der Waals surface area contributed by atoms with E-state index in [0.29, 0.717) is 6.42 Å². The highest BCUT2D eigenvalue weighted by molar-refractivity contribution is 5.75. The van der Waals surface area contributed by atoms with E-state index in [1.165, 1.54) is 7.11 Å². The molecule has 4 nitrogen and oxygen atoms in total. The van der Waals surface area contributed by atoms with Crippen LogP contribution in [0.5, 0.6) is 5.75 Å². The van der Waals surface area contributed by atoms with Gasteiger partial charge in [0.15, 0.2) is 11.6 Å². The first kappa shape index (κ1) is 13.4. The number of nitrogens with one attached hydrogen (secondary N) is 1. The third-order valence-electron chi connectivity index (χ3n) is 2.33. The molecule has 0 bridgehead atoms. The van der Waals surface area contributed by atoms with E-state index < -0.39 is 11.6 Å². The Morgan fingerprint density at radius 3 is 2.71 bits per heavy atom. The van der Waals surface area contributed by atoms with Gasteiger partial charge in [-0.25, -0.2) is 14.6 Å². The van der Waals surface area contributed by atoms with Crippen LogP contribution in [0.25, 0.3) is 0 Å². The van der Waals surface area contributed by atoms with Gasteiger partial charge in [0.05, 0.1) is 7.11 Å². The molecule has 0 aliphatic rings. The van der Waals surface area contributed by atoms with Crippen LogP contribution in [0.4, 0.5) is 8.78 Å². The zero-order valence-electron chi connectivity index (χ0n) is 9.43. The molecular formula is C11H14F2N2O2. The minimum Gasteiger partial charge on any atom is -0.494 e. The van der Waals surface area contributed by atoms with Gasteiger partial charge in [-0.2, -0.15) is 0 Å². The van der Waals surface area contributed by atoms with E-state index in [1.54, 1.807) is 0 Å². The van der Waals surface area contributed by atoms with Crippen LogP contribution < -0.4 is 16.0 Å². The Labute approximate surface area is 97.7 Å². The van der Waals surface area contributed by atoms with E-state index in [2.05, 4.69) is 4.74 Å². The second-order valence-electron chi connectivity index (χ2n) is 3.50. The number of amides is 1. The Bertz CT molecular complexity index is 411. The first-order valence-corrected chi connectivity index (χ1v) is 5.09. The molecule has 1 aromatic rings. The predicted octanol–water partition coefficient (Wildman–Crippen LogP) is 1.29. The van der Waals surface area contributed by atoms with Gasteiger partial charge in [0.1, 0.15) is 5.82 Å². The third-order valence-corrected chi connectivity index (χ3v) is 2.33. The summed E-state index contributed by atoms with van der Waals surface area (Å²) in [5.41, 5.74) is 2.18. The van der Waals surface area contributed by atoms with Crippen molar-refractivity contribution in [2.75, 3.05) is 7.11 Å². The summed E-state index contributed by atoms with van der Waals surface area (Å²) in [4.78, 5) is 10.8. The number of hydrazine groups is 1. The van der Waals surface area contributed by atoms with Gasteiger partial charge in [0.25, 0.3) is 0 Å². The number of ether oxygens (including phenoxy) is 1. The smallest absolute Gasteiger partial charge is 0.233 e. The first-order chi connectivity index (χ1) is 8.08. The second-order valence-corrected chi connectivity index (χ2v) is 3.50. The number of nitrogens with two attached hydrogens (primary N) is 1. The molecule has 0 saturated heterocycles. The lowest BCUT2D eigenvalue weighted by molar-refractivity contribution is -0.121. The molecule has 0 spiro atoms. The van der Waals surface area contributed by atoms with E-state index >= 15 is 0 Å². The van der Waals surface area contributed by atoms with Crippen molar-refractivity contribution in [3.63, 3.8) is 0 Å². The van der Waals surface area contributed by atoms with Crippen LogP contribution in [0.15, 0.2) is 12.1 Å². The Hall–Kier alpha value is -1.69. The van der Waals surface area contributed by atoms with Crippen LogP contribution in [0.1, 0.15) is 18.4 Å². The van der Waals surface area contributed by atoms with Crippen LogP contribution in [-0.2, 0) is 11.2 Å². The normalized spacial score (nSPS) is 10.1. The topological polar surface area (TPSA) is 64.3 Å². The van der Waals surface area contributed by atoms with Gasteiger partial charge in [-0.3, -0.25) is 10.2 Å². The molecule has 0 unspecified atom stereocenters. The Kier molecular flexibility index (Phi) is 4.84. The van der Waals surface area contributed by atoms with Crippen molar-refractivity contribution in [3.8, 4) is 5.75 Å². The van der Waals surface area contributed by atoms with Crippen molar-refractivity contribution in [1.82, 2.24) is 5.43 Å². The van der Waals surface area contributed by atoms with Crippen LogP contribution >= 0.6 is 0 Å². The molecule has 3 N–H and O–H groups in total. The Balaban J connectivity index is 2.65. The maximum absolute atomic E-state index is 13.5. The summed E-state index contributed by atoms with van der Waals surface area (Å²) in [6.07, 6.45) is 0.829. The fourth-order valence-corrected chi connectivity index (χ4v) is 1.43. The molecule has 0 heterocycles. The lowest BCUT2D eigenvalue weighted by Crippen LogP contribution is -2.29. The van der Waals surface area contributed by atoms with E-state index in [0.717, 1.165) is 12.1 Å². The zero-order chi connectivity index (χ0) is 12.8. The molecule has 0 aromatic heterocycles. The molecule has 0 saturated carbocycles. The van der Waals surface area contributed by atoms with Crippen LogP contribution in [-0.4, -0.2) is 13.0 Å². The van der Waals surface area contributed by atoms with Gasteiger partial charge in [-0.1, -0.05) is 0 Å². The Morgan fingerprint density at radius 2 is 2.12 bits per heavy atom. The fourth-order valence-electron chi connectivity index (χ4n) is 1.43. The van der Waals surface area contributed by atoms with Crippen LogP contribution in [0.3, 0.4) is 0 Å². The molecular weight excluding hydrogens is 230 g/mol. The minimum absolute atomic E-state index is 0.133. The molecule has 1 aromatic carbocycles. The summed E-state index contributed by atoms with van der Waals surface area (Å²) in [5, 5.41) is 0. The lowest BCUT2D eigenvalue weighted by atomic mass is 10.1. The average Bonchev–Trinajstić information content (AvgIpc) is 2.32. The number of benzene rings is 1. The number of aryl methyl sites for hydroxylation is 1. The van der Waals surface area contributed by atoms with E-state index in [9.17, 15) is 13.6 Å². The number of hydrogen-bond donors (Lipinski definition) is 2. The number of hydrogen-bond acceptors (Lipinski definition) is 3. The molecule has 17 heavy (non-hydrogen) atoms. The summed E-state index contributed by atoms with van der Waals surface area (Å²) in [6, 6.07) is 2.07. The van der Waals surface area contributed by atoms with E-state index in [-0.39, 0.29) is 30.1 Å². The quantitative estimate of drug-likeness (QED) is 0.466. The van der Waals surface area contributed by atoms with Crippen molar-refractivity contribution in [2.24, 2.45) is 5.84 Å². The molecule has 1 amide bonds. The number of halogens is 2. The molecule has 0 aliphatic heterocycles. The van der Waals surface area contributed by atoms with E-state index in [1.807, 2.05) is 5.43 Å². The molecule has 1 rings (SSSR count). The second kappa shape index (κ2) is 6.15. The number of carbonyl (C=O) groups is 1. The first-order valence-electron chi connectivity index (χ1n) is 5.09. The molecule has 94 valence electrons. The summed E-state index contributed by atoms with van der Waals surface area (Å²) in [5.74, 6) is 3.26. The average molecular weight is 244 g/mol. The van der Waals surface area contributed by atoms with Crippen molar-refractivity contribution < 1.29 is 18.3 Å². The zero-order valence-corrected chi connectivity index (χ0v) is 9.43. The molecule has 0 aliphatic carbocycles. The van der Waals surface area contributed by atoms with Crippen molar-refractivity contribution in [2.45, 2.75) is 19.3 Å². The standard InChI is InChI=1S/C11H14F2N2O2/c1-17-10-6-8(12)7(5-9(10)13)3-2-4-11(16)15-14/h5-6H,2-4,14H2,1H3,(H,15,16). The SMILES string of the molecule is COc1cc(F)c(CCCC(=O)NN)cc1F. The maximum atomic E-state index is 13.5. The molecule has 6 heteroatoms. The predicted molar refractivity (Wildman–Crippen MR) is 58.2 cm³/mol. The molecule has 0 atom stereocenters. The highest BCUT2D eigenvalue weighted by atomic mass is 19.1. The molecule has 0 fully saturated rings. The largest absolute Gasteiger partial charge is 0.494 e. The highest BCUT2D eigenvalue weighted by Crippen LogP contribution is 2.22. The van der Waals surface area contributed by atoms with Crippen molar-refractivity contribution in [3.05, 3.63) is 29.3 Å². The van der Waals surface area contributed by atoms with Gasteiger partial charge >= 0.3 is 0 Å². The van der Waals surface area contributed by atoms with Crippen LogP contribution in [0.2, 0.25) is 0 Å². The number of rotatable bonds is 5. The van der Waals surface area contributed by atoms with Gasteiger partial charge < -0.3 is 4.74 Å². The highest BCUT2D eigenvalue weighted by Gasteiger charge is 2.10. The van der Waals surface area contributed by atoms with Gasteiger partial charge in [-0.05, 0) is 24.5 Å². The van der Waals surface area contributed by atoms with E-state index in [4.69, 9.17) is 5.84 Å². The number of carbonyl (C=O) groups excluding carboxylic acids is 1. The Morgan fingerprint density at radius 1 is 1.41 bits per heavy atom.